The zero-order valence-electron chi connectivity index (χ0n) is 11.0. The van der Waals surface area contributed by atoms with E-state index in [0.717, 1.165) is 36.9 Å². The molecule has 0 aliphatic heterocycles. The predicted molar refractivity (Wildman–Crippen MR) is 72.3 cm³/mol. The summed E-state index contributed by atoms with van der Waals surface area (Å²) in [5.41, 5.74) is 1.02. The first-order valence-electron chi connectivity index (χ1n) is 6.81. The van der Waals surface area contributed by atoms with Crippen LogP contribution in [0.5, 0.6) is 0 Å². The summed E-state index contributed by atoms with van der Waals surface area (Å²) in [6, 6.07) is 4.89. The lowest BCUT2D eigenvalue weighted by molar-refractivity contribution is 0.0381. The fourth-order valence-corrected chi connectivity index (χ4v) is 2.67. The number of benzene rings is 1. The van der Waals surface area contributed by atoms with Crippen molar-refractivity contribution < 1.29 is 9.50 Å². The molecule has 2 nitrogen and oxygen atoms in total. The molecule has 0 saturated heterocycles. The topological polar surface area (TPSA) is 32.3 Å². The molecule has 1 aromatic rings. The number of anilines is 1. The van der Waals surface area contributed by atoms with Crippen LogP contribution in [-0.2, 0) is 0 Å². The highest BCUT2D eigenvalue weighted by atomic mass is 19.1. The number of rotatable bonds is 3. The Kier molecular flexibility index (Phi) is 4.23. The fraction of sp³-hybridized carbons (Fsp3) is 0.600. The Morgan fingerprint density at radius 2 is 1.83 bits per heavy atom. The van der Waals surface area contributed by atoms with E-state index in [1.54, 1.807) is 0 Å². The van der Waals surface area contributed by atoms with Gasteiger partial charge in [0.15, 0.2) is 0 Å². The number of hydrogen-bond donors (Lipinski definition) is 2. The second-order valence-corrected chi connectivity index (χ2v) is 5.51. The van der Waals surface area contributed by atoms with Crippen LogP contribution in [-0.4, -0.2) is 17.3 Å². The highest BCUT2D eigenvalue weighted by Crippen LogP contribution is 2.27. The number of halogens is 1. The fourth-order valence-electron chi connectivity index (χ4n) is 2.67. The molecule has 1 aliphatic rings. The van der Waals surface area contributed by atoms with Crippen molar-refractivity contribution in [2.75, 3.05) is 11.9 Å². The van der Waals surface area contributed by atoms with E-state index in [-0.39, 0.29) is 5.82 Å². The summed E-state index contributed by atoms with van der Waals surface area (Å²) >= 11 is 0. The van der Waals surface area contributed by atoms with Gasteiger partial charge in [-0.25, -0.2) is 4.39 Å². The van der Waals surface area contributed by atoms with Crippen molar-refractivity contribution in [1.82, 2.24) is 0 Å². The van der Waals surface area contributed by atoms with Crippen molar-refractivity contribution in [2.24, 2.45) is 0 Å². The second kappa shape index (κ2) is 5.70. The first-order chi connectivity index (χ1) is 8.57. The standard InChI is InChI=1S/C15H22FNO/c1-12-8-13(16)10-14(9-12)17-11-15(18)6-4-2-3-5-7-15/h8-10,17-18H,2-7,11H2,1H3. The van der Waals surface area contributed by atoms with Gasteiger partial charge in [0.1, 0.15) is 5.82 Å². The second-order valence-electron chi connectivity index (χ2n) is 5.51. The summed E-state index contributed by atoms with van der Waals surface area (Å²) in [7, 11) is 0. The third kappa shape index (κ3) is 3.70. The third-order valence-corrected chi connectivity index (χ3v) is 3.70. The molecule has 0 atom stereocenters. The highest BCUT2D eigenvalue weighted by Gasteiger charge is 2.27. The van der Waals surface area contributed by atoms with Gasteiger partial charge in [-0.15, -0.1) is 0 Å². The van der Waals surface area contributed by atoms with Gasteiger partial charge in [-0.1, -0.05) is 25.7 Å². The van der Waals surface area contributed by atoms with Gasteiger partial charge in [0.05, 0.1) is 5.60 Å². The van der Waals surface area contributed by atoms with Crippen LogP contribution < -0.4 is 5.32 Å². The minimum atomic E-state index is -0.628. The van der Waals surface area contributed by atoms with Crippen molar-refractivity contribution in [1.29, 1.82) is 0 Å². The van der Waals surface area contributed by atoms with E-state index in [1.807, 2.05) is 13.0 Å². The third-order valence-electron chi connectivity index (χ3n) is 3.70. The molecule has 1 saturated carbocycles. The maximum Gasteiger partial charge on any atom is 0.125 e. The van der Waals surface area contributed by atoms with Crippen LogP contribution in [0.4, 0.5) is 10.1 Å². The minimum Gasteiger partial charge on any atom is -0.388 e. The Bertz CT molecular complexity index is 377. The molecule has 0 aromatic heterocycles. The number of hydrogen-bond acceptors (Lipinski definition) is 2. The summed E-state index contributed by atoms with van der Waals surface area (Å²) in [6.45, 7) is 2.38. The molecule has 2 N–H and O–H groups in total. The molecule has 0 unspecified atom stereocenters. The summed E-state index contributed by atoms with van der Waals surface area (Å²) in [5, 5.41) is 13.7. The van der Waals surface area contributed by atoms with Gasteiger partial charge in [-0.2, -0.15) is 0 Å². The molecule has 0 spiro atoms. The van der Waals surface area contributed by atoms with E-state index < -0.39 is 5.60 Å². The van der Waals surface area contributed by atoms with E-state index in [4.69, 9.17) is 0 Å². The molecule has 0 heterocycles. The van der Waals surface area contributed by atoms with Crippen LogP contribution in [0, 0.1) is 12.7 Å². The number of aryl methyl sites for hydroxylation is 1. The van der Waals surface area contributed by atoms with Crippen LogP contribution in [0.2, 0.25) is 0 Å². The zero-order chi connectivity index (χ0) is 13.0. The number of nitrogens with one attached hydrogen (secondary N) is 1. The number of aliphatic hydroxyl groups is 1. The van der Waals surface area contributed by atoms with E-state index in [2.05, 4.69) is 5.32 Å². The predicted octanol–water partition coefficient (Wildman–Crippen LogP) is 3.63. The normalized spacial score (nSPS) is 19.3. The Balaban J connectivity index is 1.97. The molecule has 3 heteroatoms. The average Bonchev–Trinajstić information content (AvgIpc) is 2.51. The van der Waals surface area contributed by atoms with Crippen molar-refractivity contribution in [3.8, 4) is 0 Å². The van der Waals surface area contributed by atoms with Crippen molar-refractivity contribution in [3.63, 3.8) is 0 Å². The van der Waals surface area contributed by atoms with Gasteiger partial charge in [-0.05, 0) is 43.5 Å². The van der Waals surface area contributed by atoms with Gasteiger partial charge in [0, 0.05) is 12.2 Å². The van der Waals surface area contributed by atoms with Crippen LogP contribution >= 0.6 is 0 Å². The molecular weight excluding hydrogens is 229 g/mol. The smallest absolute Gasteiger partial charge is 0.125 e. The largest absolute Gasteiger partial charge is 0.388 e. The van der Waals surface area contributed by atoms with Crippen LogP contribution in [0.1, 0.15) is 44.1 Å². The van der Waals surface area contributed by atoms with Gasteiger partial charge in [-0.3, -0.25) is 0 Å². The lowest BCUT2D eigenvalue weighted by Gasteiger charge is -2.27. The van der Waals surface area contributed by atoms with Crippen LogP contribution in [0.25, 0.3) is 0 Å². The molecule has 0 radical (unpaired) electrons. The van der Waals surface area contributed by atoms with Crippen molar-refractivity contribution in [2.45, 2.75) is 51.0 Å². The van der Waals surface area contributed by atoms with Crippen LogP contribution in [0.3, 0.4) is 0 Å². The molecule has 1 aromatic carbocycles. The van der Waals surface area contributed by atoms with Gasteiger partial charge in [0.2, 0.25) is 0 Å². The molecule has 100 valence electrons. The SMILES string of the molecule is Cc1cc(F)cc(NCC2(O)CCCCCC2)c1. The summed E-state index contributed by atoms with van der Waals surface area (Å²) in [5.74, 6) is -0.231. The van der Waals surface area contributed by atoms with E-state index in [9.17, 15) is 9.50 Å². The van der Waals surface area contributed by atoms with E-state index in [0.29, 0.717) is 6.54 Å². The molecular formula is C15H22FNO. The Labute approximate surface area is 108 Å². The van der Waals surface area contributed by atoms with Gasteiger partial charge in [0.25, 0.3) is 0 Å². The van der Waals surface area contributed by atoms with Crippen molar-refractivity contribution in [3.05, 3.63) is 29.6 Å². The molecule has 1 fully saturated rings. The van der Waals surface area contributed by atoms with Gasteiger partial charge >= 0.3 is 0 Å². The Hall–Kier alpha value is -1.09. The average molecular weight is 251 g/mol. The monoisotopic (exact) mass is 251 g/mol. The van der Waals surface area contributed by atoms with Gasteiger partial charge < -0.3 is 10.4 Å². The lowest BCUT2D eigenvalue weighted by Crippen LogP contribution is -2.36. The Morgan fingerprint density at radius 3 is 2.44 bits per heavy atom. The molecule has 0 amide bonds. The maximum atomic E-state index is 13.3. The van der Waals surface area contributed by atoms with E-state index in [1.165, 1.54) is 25.0 Å². The highest BCUT2D eigenvalue weighted by molar-refractivity contribution is 5.46. The maximum absolute atomic E-state index is 13.3. The lowest BCUT2D eigenvalue weighted by atomic mass is 9.94. The molecule has 2 rings (SSSR count). The Morgan fingerprint density at radius 1 is 1.17 bits per heavy atom. The first kappa shape index (κ1) is 13.3. The molecule has 1 aliphatic carbocycles. The quantitative estimate of drug-likeness (QED) is 0.804. The van der Waals surface area contributed by atoms with Crippen LogP contribution in [0.15, 0.2) is 18.2 Å². The summed E-state index contributed by atoms with van der Waals surface area (Å²) < 4.78 is 13.3. The summed E-state index contributed by atoms with van der Waals surface area (Å²) in [4.78, 5) is 0. The van der Waals surface area contributed by atoms with Crippen molar-refractivity contribution >= 4 is 5.69 Å². The molecule has 0 bridgehead atoms. The summed E-state index contributed by atoms with van der Waals surface area (Å²) in [6.07, 6.45) is 6.27. The van der Waals surface area contributed by atoms with E-state index >= 15 is 0 Å². The molecule has 18 heavy (non-hydrogen) atoms. The zero-order valence-corrected chi connectivity index (χ0v) is 11.0. The minimum absolute atomic E-state index is 0.231. The first-order valence-corrected chi connectivity index (χ1v) is 6.81.